The lowest BCUT2D eigenvalue weighted by Crippen LogP contribution is -2.27. The minimum Gasteiger partial charge on any atom is -0.463 e. The summed E-state index contributed by atoms with van der Waals surface area (Å²) in [5.74, 6) is -0.519. The van der Waals surface area contributed by atoms with Crippen LogP contribution in [0.15, 0.2) is 36.5 Å². The van der Waals surface area contributed by atoms with Crippen molar-refractivity contribution in [2.75, 3.05) is 26.4 Å². The average Bonchev–Trinajstić information content (AvgIpc) is 3.16. The lowest BCUT2D eigenvalue weighted by molar-refractivity contribution is -0.147. The van der Waals surface area contributed by atoms with Gasteiger partial charge in [0.15, 0.2) is 0 Å². The fraction of sp³-hybridized carbons (Fsp3) is 0.818. The molecule has 316 valence electrons. The van der Waals surface area contributed by atoms with Gasteiger partial charge >= 0.3 is 13.8 Å². The Balaban J connectivity index is 3.58. The molecular formula is C44H82NO8P. The molecule has 0 saturated heterocycles. The number of amides is 1. The van der Waals surface area contributed by atoms with Crippen molar-refractivity contribution in [1.82, 2.24) is 5.32 Å². The van der Waals surface area contributed by atoms with E-state index in [4.69, 9.17) is 13.8 Å². The highest BCUT2D eigenvalue weighted by Crippen LogP contribution is 2.42. The van der Waals surface area contributed by atoms with Gasteiger partial charge in [0.05, 0.1) is 13.2 Å². The number of aliphatic hydroxyl groups excluding tert-OH is 1. The van der Waals surface area contributed by atoms with E-state index in [1.165, 1.54) is 122 Å². The van der Waals surface area contributed by atoms with Crippen LogP contribution >= 0.6 is 7.82 Å². The van der Waals surface area contributed by atoms with Crippen molar-refractivity contribution in [3.05, 3.63) is 36.5 Å². The fourth-order valence-electron chi connectivity index (χ4n) is 5.98. The molecule has 2 atom stereocenters. The summed E-state index contributed by atoms with van der Waals surface area (Å²) >= 11 is 0. The van der Waals surface area contributed by atoms with E-state index in [9.17, 15) is 24.2 Å². The van der Waals surface area contributed by atoms with Gasteiger partial charge in [0.2, 0.25) is 5.91 Å². The molecule has 0 aromatic rings. The monoisotopic (exact) mass is 784 g/mol. The SMILES string of the molecule is CCCCC/C=C\C/C=C\C/C=C\CCCCCCCCCCCCC(=O)OCC(O)COP(=O)(O)OCCNC(=O)CCCCCCCCCCCC. The Kier molecular flexibility index (Phi) is 39.5. The van der Waals surface area contributed by atoms with Crippen LogP contribution in [0.1, 0.15) is 200 Å². The van der Waals surface area contributed by atoms with E-state index in [2.05, 4.69) is 55.6 Å². The first-order valence-electron chi connectivity index (χ1n) is 22.0. The molecule has 0 saturated carbocycles. The van der Waals surface area contributed by atoms with Crippen LogP contribution in [0.2, 0.25) is 0 Å². The highest BCUT2D eigenvalue weighted by Gasteiger charge is 2.23. The number of esters is 1. The van der Waals surface area contributed by atoms with Crippen LogP contribution in [-0.2, 0) is 27.9 Å². The van der Waals surface area contributed by atoms with Gasteiger partial charge in [-0.25, -0.2) is 4.57 Å². The van der Waals surface area contributed by atoms with E-state index in [1.807, 2.05) is 0 Å². The second-order valence-electron chi connectivity index (χ2n) is 14.7. The van der Waals surface area contributed by atoms with Crippen molar-refractivity contribution in [2.45, 2.75) is 206 Å². The first kappa shape index (κ1) is 52.2. The predicted molar refractivity (Wildman–Crippen MR) is 224 cm³/mol. The van der Waals surface area contributed by atoms with E-state index >= 15 is 0 Å². The smallest absolute Gasteiger partial charge is 0.463 e. The highest BCUT2D eigenvalue weighted by atomic mass is 31.2. The molecule has 2 unspecified atom stereocenters. The quantitative estimate of drug-likeness (QED) is 0.0242. The Labute approximate surface area is 331 Å². The maximum Gasteiger partial charge on any atom is 0.472 e. The zero-order valence-corrected chi connectivity index (χ0v) is 35.6. The summed E-state index contributed by atoms with van der Waals surface area (Å²) in [7, 11) is -4.41. The number of carbonyl (C=O) groups excluding carboxylic acids is 2. The van der Waals surface area contributed by atoms with Crippen molar-refractivity contribution in [2.24, 2.45) is 0 Å². The molecule has 10 heteroatoms. The van der Waals surface area contributed by atoms with Crippen LogP contribution < -0.4 is 5.32 Å². The van der Waals surface area contributed by atoms with Crippen molar-refractivity contribution in [1.29, 1.82) is 0 Å². The molecule has 0 aliphatic rings. The number of phosphoric ester groups is 1. The third kappa shape index (κ3) is 41.4. The van der Waals surface area contributed by atoms with Gasteiger partial charge in [-0.1, -0.05) is 172 Å². The minimum atomic E-state index is -4.41. The number of hydrogen-bond acceptors (Lipinski definition) is 7. The van der Waals surface area contributed by atoms with Gasteiger partial charge in [-0.2, -0.15) is 0 Å². The molecule has 9 nitrogen and oxygen atoms in total. The van der Waals surface area contributed by atoms with Gasteiger partial charge in [0.25, 0.3) is 0 Å². The first-order chi connectivity index (χ1) is 26.3. The standard InChI is InChI=1S/C44H82NO8P/c1-3-5-7-9-11-13-15-16-17-18-19-20-21-22-23-24-25-26-27-29-31-33-35-37-44(48)51-40-42(46)41-53-54(49,50)52-39-38-45-43(47)36-34-32-30-28-14-12-10-8-6-4-2/h11,13,16-17,19-20,42,46H,3-10,12,14-15,18,21-41H2,1-2H3,(H,45,47)(H,49,50)/b13-11-,17-16-,20-19-. The van der Waals surface area contributed by atoms with Crippen molar-refractivity contribution in [3.63, 3.8) is 0 Å². The van der Waals surface area contributed by atoms with Gasteiger partial charge in [-0.15, -0.1) is 0 Å². The molecule has 0 aromatic carbocycles. The van der Waals surface area contributed by atoms with E-state index in [0.29, 0.717) is 6.42 Å². The van der Waals surface area contributed by atoms with E-state index in [0.717, 1.165) is 51.4 Å². The van der Waals surface area contributed by atoms with Gasteiger partial charge < -0.3 is 20.1 Å². The topological polar surface area (TPSA) is 131 Å². The van der Waals surface area contributed by atoms with Gasteiger partial charge in [0.1, 0.15) is 12.7 Å². The second kappa shape index (κ2) is 40.9. The third-order valence-corrected chi connectivity index (χ3v) is 10.3. The van der Waals surface area contributed by atoms with Crippen LogP contribution in [0.5, 0.6) is 0 Å². The number of carbonyl (C=O) groups is 2. The lowest BCUT2D eigenvalue weighted by atomic mass is 10.1. The summed E-state index contributed by atoms with van der Waals surface area (Å²) in [5.41, 5.74) is 0. The molecule has 1 amide bonds. The van der Waals surface area contributed by atoms with E-state index < -0.39 is 26.5 Å². The Bertz CT molecular complexity index is 986. The number of nitrogens with one attached hydrogen (secondary N) is 1. The molecule has 0 aliphatic heterocycles. The molecule has 0 aliphatic carbocycles. The van der Waals surface area contributed by atoms with Gasteiger partial charge in [-0.3, -0.25) is 18.6 Å². The Morgan fingerprint density at radius 1 is 0.574 bits per heavy atom. The molecule has 0 spiro atoms. The van der Waals surface area contributed by atoms with Gasteiger partial charge in [0, 0.05) is 19.4 Å². The number of phosphoric acid groups is 1. The lowest BCUT2D eigenvalue weighted by Gasteiger charge is -2.15. The third-order valence-electron chi connectivity index (χ3n) is 9.32. The molecule has 0 bridgehead atoms. The highest BCUT2D eigenvalue weighted by molar-refractivity contribution is 7.47. The minimum absolute atomic E-state index is 0.0832. The molecule has 0 rings (SSSR count). The summed E-state index contributed by atoms with van der Waals surface area (Å²) in [5, 5.41) is 12.7. The number of unbranched alkanes of at least 4 members (excludes halogenated alkanes) is 22. The first-order valence-corrected chi connectivity index (χ1v) is 23.5. The van der Waals surface area contributed by atoms with Crippen molar-refractivity contribution in [3.8, 4) is 0 Å². The maximum atomic E-state index is 12.1. The van der Waals surface area contributed by atoms with Gasteiger partial charge in [-0.05, 0) is 51.4 Å². The van der Waals surface area contributed by atoms with Crippen LogP contribution in [0.25, 0.3) is 0 Å². The molecule has 0 aromatic heterocycles. The number of rotatable bonds is 41. The molecule has 54 heavy (non-hydrogen) atoms. The average molecular weight is 784 g/mol. The zero-order chi connectivity index (χ0) is 39.6. The summed E-state index contributed by atoms with van der Waals surface area (Å²) < 4.78 is 26.8. The van der Waals surface area contributed by atoms with Crippen molar-refractivity contribution >= 4 is 19.7 Å². The molecule has 0 fully saturated rings. The number of allylic oxidation sites excluding steroid dienone is 6. The van der Waals surface area contributed by atoms with Crippen LogP contribution in [-0.4, -0.2) is 54.3 Å². The molecule has 0 radical (unpaired) electrons. The normalized spacial score (nSPS) is 13.6. The number of aliphatic hydroxyl groups is 1. The van der Waals surface area contributed by atoms with Crippen LogP contribution in [0.3, 0.4) is 0 Å². The summed E-state index contributed by atoms with van der Waals surface area (Å²) in [6.07, 6.45) is 45.1. The van der Waals surface area contributed by atoms with Crippen LogP contribution in [0, 0.1) is 0 Å². The Morgan fingerprint density at radius 2 is 1.00 bits per heavy atom. The Morgan fingerprint density at radius 3 is 1.54 bits per heavy atom. The largest absolute Gasteiger partial charge is 0.472 e. The maximum absolute atomic E-state index is 12.1. The Hall–Kier alpha value is -1.77. The van der Waals surface area contributed by atoms with Crippen molar-refractivity contribution < 1.29 is 37.9 Å². The van der Waals surface area contributed by atoms with E-state index in [1.54, 1.807) is 0 Å². The molecular weight excluding hydrogens is 701 g/mol. The van der Waals surface area contributed by atoms with E-state index in [-0.39, 0.29) is 32.1 Å². The summed E-state index contributed by atoms with van der Waals surface area (Å²) in [6.45, 7) is 3.51. The second-order valence-corrected chi connectivity index (χ2v) is 16.1. The zero-order valence-electron chi connectivity index (χ0n) is 34.7. The number of hydrogen-bond donors (Lipinski definition) is 3. The summed E-state index contributed by atoms with van der Waals surface area (Å²) in [4.78, 5) is 33.8. The van der Waals surface area contributed by atoms with Crippen LogP contribution in [0.4, 0.5) is 0 Å². The predicted octanol–water partition coefficient (Wildman–Crippen LogP) is 12.2. The number of ether oxygens (including phenoxy) is 1. The molecule has 0 heterocycles. The molecule has 3 N–H and O–H groups in total. The summed E-state index contributed by atoms with van der Waals surface area (Å²) in [6, 6.07) is 0. The fourth-order valence-corrected chi connectivity index (χ4v) is 6.73.